The molecule has 0 heterocycles. The molecule has 15 heavy (non-hydrogen) atoms. The number of phenols is 1. The van der Waals surface area contributed by atoms with Gasteiger partial charge in [-0.25, -0.2) is 4.79 Å². The average Bonchev–Trinajstić information content (AvgIpc) is 2.22. The van der Waals surface area contributed by atoms with Gasteiger partial charge in [0.05, 0.1) is 12.8 Å². The van der Waals surface area contributed by atoms with Crippen LogP contribution in [0.4, 0.5) is 5.69 Å². The van der Waals surface area contributed by atoms with E-state index in [1.807, 2.05) is 0 Å². The number of ether oxygens (including phenoxy) is 1. The SMILES string of the molecule is COC(=O)C(=O)Nc1cc(Cl)ccc1O. The quantitative estimate of drug-likeness (QED) is 0.430. The summed E-state index contributed by atoms with van der Waals surface area (Å²) in [4.78, 5) is 21.8. The molecule has 0 radical (unpaired) electrons. The molecule has 5 nitrogen and oxygen atoms in total. The van der Waals surface area contributed by atoms with Gasteiger partial charge in [-0.2, -0.15) is 0 Å². The lowest BCUT2D eigenvalue weighted by atomic mass is 10.3. The lowest BCUT2D eigenvalue weighted by Gasteiger charge is -2.05. The second-order valence-corrected chi connectivity index (χ2v) is 3.04. The minimum atomic E-state index is -1.05. The van der Waals surface area contributed by atoms with Gasteiger partial charge in [-0.05, 0) is 18.2 Å². The number of anilines is 1. The summed E-state index contributed by atoms with van der Waals surface area (Å²) in [6.07, 6.45) is 0. The second kappa shape index (κ2) is 4.65. The zero-order valence-corrected chi connectivity index (χ0v) is 8.54. The summed E-state index contributed by atoms with van der Waals surface area (Å²) in [6.45, 7) is 0. The van der Waals surface area contributed by atoms with Crippen LogP contribution in [0.15, 0.2) is 18.2 Å². The summed E-state index contributed by atoms with van der Waals surface area (Å²) < 4.78 is 4.19. The number of hydrogen-bond acceptors (Lipinski definition) is 4. The first-order valence-electron chi connectivity index (χ1n) is 3.92. The maximum atomic E-state index is 11.1. The van der Waals surface area contributed by atoms with Crippen LogP contribution in [-0.2, 0) is 14.3 Å². The summed E-state index contributed by atoms with van der Waals surface area (Å²) in [6, 6.07) is 4.07. The maximum Gasteiger partial charge on any atom is 0.396 e. The number of hydrogen-bond donors (Lipinski definition) is 2. The van der Waals surface area contributed by atoms with E-state index >= 15 is 0 Å². The van der Waals surface area contributed by atoms with Crippen molar-refractivity contribution in [3.8, 4) is 5.75 Å². The molecule has 0 aromatic heterocycles. The highest BCUT2D eigenvalue weighted by Gasteiger charge is 2.15. The third-order valence-corrected chi connectivity index (χ3v) is 1.81. The lowest BCUT2D eigenvalue weighted by Crippen LogP contribution is -2.23. The molecule has 80 valence electrons. The maximum absolute atomic E-state index is 11.1. The van der Waals surface area contributed by atoms with Crippen LogP contribution in [0.3, 0.4) is 0 Å². The van der Waals surface area contributed by atoms with Crippen molar-refractivity contribution in [2.75, 3.05) is 12.4 Å². The highest BCUT2D eigenvalue weighted by molar-refractivity contribution is 6.37. The van der Waals surface area contributed by atoms with Crippen molar-refractivity contribution in [2.24, 2.45) is 0 Å². The van der Waals surface area contributed by atoms with Crippen LogP contribution in [0, 0.1) is 0 Å². The van der Waals surface area contributed by atoms with Crippen LogP contribution in [0.1, 0.15) is 0 Å². The number of methoxy groups -OCH3 is 1. The molecule has 1 aromatic rings. The molecule has 1 amide bonds. The van der Waals surface area contributed by atoms with E-state index in [1.165, 1.54) is 18.2 Å². The summed E-state index contributed by atoms with van der Waals surface area (Å²) in [7, 11) is 1.08. The monoisotopic (exact) mass is 229 g/mol. The Morgan fingerprint density at radius 1 is 1.47 bits per heavy atom. The van der Waals surface area contributed by atoms with Crippen molar-refractivity contribution in [2.45, 2.75) is 0 Å². The number of aromatic hydroxyl groups is 1. The number of phenolic OH excluding ortho intramolecular Hbond substituents is 1. The van der Waals surface area contributed by atoms with E-state index in [4.69, 9.17) is 11.6 Å². The number of carbonyl (C=O) groups excluding carboxylic acids is 2. The zero-order chi connectivity index (χ0) is 11.4. The molecule has 0 saturated carbocycles. The Balaban J connectivity index is 2.85. The standard InChI is InChI=1S/C9H8ClNO4/c1-15-9(14)8(13)11-6-4-5(10)2-3-7(6)12/h2-4,12H,1H3,(H,11,13). The Kier molecular flexibility index (Phi) is 3.51. The molecule has 0 aliphatic rings. The predicted octanol–water partition coefficient (Wildman–Crippen LogP) is 1.16. The Morgan fingerprint density at radius 2 is 2.13 bits per heavy atom. The Hall–Kier alpha value is -1.75. The fourth-order valence-corrected chi connectivity index (χ4v) is 1.05. The van der Waals surface area contributed by atoms with Crippen molar-refractivity contribution in [1.82, 2.24) is 0 Å². The minimum Gasteiger partial charge on any atom is -0.506 e. The van der Waals surface area contributed by atoms with Crippen molar-refractivity contribution in [3.05, 3.63) is 23.2 Å². The molecule has 0 aliphatic carbocycles. The molecule has 2 N–H and O–H groups in total. The smallest absolute Gasteiger partial charge is 0.396 e. The van der Waals surface area contributed by atoms with Crippen molar-refractivity contribution >= 4 is 29.2 Å². The normalized spacial score (nSPS) is 9.47. The summed E-state index contributed by atoms with van der Waals surface area (Å²) >= 11 is 5.64. The number of amides is 1. The molecule has 0 saturated heterocycles. The zero-order valence-electron chi connectivity index (χ0n) is 7.78. The predicted molar refractivity (Wildman–Crippen MR) is 53.8 cm³/mol. The largest absolute Gasteiger partial charge is 0.506 e. The van der Waals surface area contributed by atoms with E-state index in [0.717, 1.165) is 7.11 Å². The topological polar surface area (TPSA) is 75.6 Å². The number of rotatable bonds is 1. The van der Waals surface area contributed by atoms with Gasteiger partial charge in [-0.1, -0.05) is 11.6 Å². The molecule has 1 rings (SSSR count). The molecule has 0 atom stereocenters. The molecular formula is C9H8ClNO4. The fourth-order valence-electron chi connectivity index (χ4n) is 0.874. The summed E-state index contributed by atoms with van der Waals surface area (Å²) in [5, 5.41) is 11.8. The molecule has 0 aliphatic heterocycles. The van der Waals surface area contributed by atoms with Gasteiger partial charge in [0.1, 0.15) is 5.75 Å². The van der Waals surface area contributed by atoms with Gasteiger partial charge >= 0.3 is 11.9 Å². The molecule has 0 spiro atoms. The van der Waals surface area contributed by atoms with Gasteiger partial charge in [-0.15, -0.1) is 0 Å². The Labute approximate surface area is 90.6 Å². The highest BCUT2D eigenvalue weighted by Crippen LogP contribution is 2.26. The van der Waals surface area contributed by atoms with Crippen molar-refractivity contribution in [1.29, 1.82) is 0 Å². The van der Waals surface area contributed by atoms with Crippen LogP contribution in [0.2, 0.25) is 5.02 Å². The minimum absolute atomic E-state index is 0.0536. The first-order valence-corrected chi connectivity index (χ1v) is 4.30. The molecule has 1 aromatic carbocycles. The van der Waals surface area contributed by atoms with E-state index in [9.17, 15) is 14.7 Å². The van der Waals surface area contributed by atoms with E-state index in [0.29, 0.717) is 5.02 Å². The Morgan fingerprint density at radius 3 is 2.73 bits per heavy atom. The van der Waals surface area contributed by atoms with Gasteiger partial charge < -0.3 is 15.2 Å². The van der Waals surface area contributed by atoms with E-state index in [2.05, 4.69) is 10.1 Å². The molecule has 0 fully saturated rings. The van der Waals surface area contributed by atoms with Crippen LogP contribution in [0.5, 0.6) is 5.75 Å². The van der Waals surface area contributed by atoms with Crippen molar-refractivity contribution in [3.63, 3.8) is 0 Å². The first kappa shape index (κ1) is 11.3. The molecular weight excluding hydrogens is 222 g/mol. The number of carbonyl (C=O) groups is 2. The van der Waals surface area contributed by atoms with Crippen LogP contribution in [-0.4, -0.2) is 24.1 Å². The van der Waals surface area contributed by atoms with Gasteiger partial charge in [0.2, 0.25) is 0 Å². The highest BCUT2D eigenvalue weighted by atomic mass is 35.5. The van der Waals surface area contributed by atoms with Crippen LogP contribution in [0.25, 0.3) is 0 Å². The average molecular weight is 230 g/mol. The van der Waals surface area contributed by atoms with Gasteiger partial charge in [-0.3, -0.25) is 4.79 Å². The van der Waals surface area contributed by atoms with Gasteiger partial charge in [0.15, 0.2) is 0 Å². The van der Waals surface area contributed by atoms with Crippen LogP contribution >= 0.6 is 11.6 Å². The second-order valence-electron chi connectivity index (χ2n) is 2.61. The van der Waals surface area contributed by atoms with E-state index in [-0.39, 0.29) is 11.4 Å². The van der Waals surface area contributed by atoms with E-state index < -0.39 is 11.9 Å². The van der Waals surface area contributed by atoms with Gasteiger partial charge in [0.25, 0.3) is 0 Å². The third-order valence-electron chi connectivity index (χ3n) is 1.58. The molecule has 0 unspecified atom stereocenters. The number of halogens is 1. The first-order chi connectivity index (χ1) is 7.04. The van der Waals surface area contributed by atoms with Crippen molar-refractivity contribution < 1.29 is 19.4 Å². The third kappa shape index (κ3) is 2.85. The molecule has 0 bridgehead atoms. The van der Waals surface area contributed by atoms with E-state index in [1.54, 1.807) is 0 Å². The summed E-state index contributed by atoms with van der Waals surface area (Å²) in [5.74, 6) is -2.21. The summed E-state index contributed by atoms with van der Waals surface area (Å²) in [5.41, 5.74) is 0.0536. The fraction of sp³-hybridized carbons (Fsp3) is 0.111. The molecule has 6 heteroatoms. The van der Waals surface area contributed by atoms with Crippen LogP contribution < -0.4 is 5.32 Å². The number of nitrogens with one attached hydrogen (secondary N) is 1. The lowest BCUT2D eigenvalue weighted by molar-refractivity contribution is -0.150. The number of esters is 1. The van der Waals surface area contributed by atoms with Gasteiger partial charge in [0, 0.05) is 5.02 Å². The number of benzene rings is 1. The Bertz CT molecular complexity index is 405.